The Hall–Kier alpha value is -4.24. The molecule has 1 aromatic heterocycles. The molecule has 8 nitrogen and oxygen atoms in total. The highest BCUT2D eigenvalue weighted by molar-refractivity contribution is 7.80. The predicted octanol–water partition coefficient (Wildman–Crippen LogP) is 3.88. The van der Waals surface area contributed by atoms with Crippen LogP contribution >= 0.6 is 12.2 Å². The number of esters is 1. The third kappa shape index (κ3) is 4.33. The maximum absolute atomic E-state index is 13.2. The Kier molecular flexibility index (Phi) is 6.29. The van der Waals surface area contributed by atoms with Crippen LogP contribution in [0.5, 0.6) is 5.75 Å². The van der Waals surface area contributed by atoms with Crippen molar-refractivity contribution >= 4 is 46.9 Å². The molecule has 34 heavy (non-hydrogen) atoms. The molecule has 1 aliphatic heterocycles. The molecule has 1 fully saturated rings. The number of carbonyl (C=O) groups excluding carboxylic acids is 3. The number of carbonyl (C=O) groups is 3. The van der Waals surface area contributed by atoms with E-state index in [2.05, 4.69) is 5.32 Å². The molecule has 0 aliphatic carbocycles. The zero-order valence-electron chi connectivity index (χ0n) is 18.6. The molecule has 1 aliphatic rings. The summed E-state index contributed by atoms with van der Waals surface area (Å²) in [6, 6.07) is 15.2. The first-order valence-electron chi connectivity index (χ1n) is 10.2. The summed E-state index contributed by atoms with van der Waals surface area (Å²) in [5, 5.41) is 2.52. The normalized spacial score (nSPS) is 14.9. The van der Waals surface area contributed by atoms with E-state index in [-0.39, 0.29) is 10.7 Å². The molecule has 0 spiro atoms. The Balaban J connectivity index is 1.63. The third-order valence-corrected chi connectivity index (χ3v) is 5.54. The van der Waals surface area contributed by atoms with E-state index in [4.69, 9.17) is 26.1 Å². The lowest BCUT2D eigenvalue weighted by Crippen LogP contribution is -2.54. The van der Waals surface area contributed by atoms with Crippen molar-refractivity contribution in [3.63, 3.8) is 0 Å². The summed E-state index contributed by atoms with van der Waals surface area (Å²) >= 11 is 5.22. The van der Waals surface area contributed by atoms with Gasteiger partial charge < -0.3 is 13.9 Å². The van der Waals surface area contributed by atoms with E-state index in [0.717, 1.165) is 11.1 Å². The van der Waals surface area contributed by atoms with Crippen LogP contribution in [-0.4, -0.2) is 37.1 Å². The maximum atomic E-state index is 13.2. The number of anilines is 1. The first-order chi connectivity index (χ1) is 16.3. The fraction of sp³-hybridized carbons (Fsp3) is 0.120. The average molecular weight is 477 g/mol. The number of furan rings is 1. The van der Waals surface area contributed by atoms with Gasteiger partial charge in [-0.3, -0.25) is 19.8 Å². The highest BCUT2D eigenvalue weighted by Gasteiger charge is 2.34. The fourth-order valence-electron chi connectivity index (χ4n) is 3.53. The molecule has 0 unspecified atom stereocenters. The van der Waals surface area contributed by atoms with Crippen LogP contribution in [0.1, 0.15) is 21.7 Å². The monoisotopic (exact) mass is 476 g/mol. The van der Waals surface area contributed by atoms with Crippen molar-refractivity contribution in [2.75, 3.05) is 19.1 Å². The van der Waals surface area contributed by atoms with Gasteiger partial charge in [-0.25, -0.2) is 4.79 Å². The molecule has 3 aromatic rings. The van der Waals surface area contributed by atoms with Gasteiger partial charge in [-0.1, -0.05) is 6.07 Å². The number of aryl methyl sites for hydroxylation is 1. The van der Waals surface area contributed by atoms with Crippen molar-refractivity contribution in [1.82, 2.24) is 5.32 Å². The van der Waals surface area contributed by atoms with Crippen LogP contribution in [0.15, 0.2) is 64.6 Å². The predicted molar refractivity (Wildman–Crippen MR) is 129 cm³/mol. The quantitative estimate of drug-likeness (QED) is 0.258. The van der Waals surface area contributed by atoms with Crippen LogP contribution in [0.25, 0.3) is 17.4 Å². The summed E-state index contributed by atoms with van der Waals surface area (Å²) in [5.74, 6) is -0.163. The summed E-state index contributed by atoms with van der Waals surface area (Å²) in [4.78, 5) is 38.7. The van der Waals surface area contributed by atoms with Gasteiger partial charge in [0.05, 0.1) is 25.5 Å². The van der Waals surface area contributed by atoms with Gasteiger partial charge in [0.2, 0.25) is 0 Å². The van der Waals surface area contributed by atoms with Gasteiger partial charge in [0.25, 0.3) is 11.8 Å². The summed E-state index contributed by atoms with van der Waals surface area (Å²) < 4.78 is 15.8. The molecule has 0 radical (unpaired) electrons. The minimum atomic E-state index is -0.615. The smallest absolute Gasteiger partial charge is 0.337 e. The van der Waals surface area contributed by atoms with Crippen molar-refractivity contribution < 1.29 is 28.3 Å². The van der Waals surface area contributed by atoms with Crippen molar-refractivity contribution in [3.8, 4) is 17.1 Å². The van der Waals surface area contributed by atoms with Gasteiger partial charge in [0.1, 0.15) is 22.8 Å². The largest absolute Gasteiger partial charge is 0.497 e. The van der Waals surface area contributed by atoms with Crippen LogP contribution in [0.4, 0.5) is 5.69 Å². The summed E-state index contributed by atoms with van der Waals surface area (Å²) in [7, 11) is 2.86. The molecule has 0 bridgehead atoms. The zero-order valence-corrected chi connectivity index (χ0v) is 19.4. The van der Waals surface area contributed by atoms with E-state index >= 15 is 0 Å². The minimum absolute atomic E-state index is 0.0150. The lowest BCUT2D eigenvalue weighted by Gasteiger charge is -2.28. The molecule has 1 saturated heterocycles. The Morgan fingerprint density at radius 2 is 1.79 bits per heavy atom. The van der Waals surface area contributed by atoms with Crippen molar-refractivity contribution in [2.24, 2.45) is 0 Å². The number of rotatable bonds is 5. The molecule has 9 heteroatoms. The van der Waals surface area contributed by atoms with Gasteiger partial charge in [-0.05, 0) is 79.3 Å². The number of thiocarbonyl (C=S) groups is 1. The second-order valence-electron chi connectivity index (χ2n) is 7.38. The van der Waals surface area contributed by atoms with Crippen molar-refractivity contribution in [2.45, 2.75) is 6.92 Å². The first kappa shape index (κ1) is 22.9. The fourth-order valence-corrected chi connectivity index (χ4v) is 3.81. The molecule has 2 amide bonds. The number of nitrogens with one attached hydrogen (secondary N) is 1. The Morgan fingerprint density at radius 1 is 1.06 bits per heavy atom. The van der Waals surface area contributed by atoms with E-state index in [1.54, 1.807) is 61.7 Å². The lowest BCUT2D eigenvalue weighted by atomic mass is 10.0. The van der Waals surface area contributed by atoms with Crippen LogP contribution in [0, 0.1) is 6.92 Å². The number of hydrogen-bond acceptors (Lipinski definition) is 7. The molecular weight excluding hydrogens is 456 g/mol. The summed E-state index contributed by atoms with van der Waals surface area (Å²) in [6.07, 6.45) is 1.37. The topological polar surface area (TPSA) is 98.1 Å². The van der Waals surface area contributed by atoms with E-state index in [0.29, 0.717) is 28.5 Å². The molecule has 0 saturated carbocycles. The molecule has 2 heterocycles. The van der Waals surface area contributed by atoms with Gasteiger partial charge >= 0.3 is 5.97 Å². The zero-order chi connectivity index (χ0) is 24.4. The average Bonchev–Trinajstić information content (AvgIpc) is 3.29. The van der Waals surface area contributed by atoms with Crippen molar-refractivity contribution in [3.05, 3.63) is 77.1 Å². The number of amides is 2. The molecular formula is C25H20N2O6S. The van der Waals surface area contributed by atoms with Crippen LogP contribution in [0.3, 0.4) is 0 Å². The van der Waals surface area contributed by atoms with Crippen LogP contribution in [-0.2, 0) is 14.3 Å². The van der Waals surface area contributed by atoms with Crippen molar-refractivity contribution in [1.29, 1.82) is 0 Å². The number of nitrogens with zero attached hydrogens (tertiary/aromatic N) is 1. The molecule has 4 rings (SSSR count). The van der Waals surface area contributed by atoms with E-state index in [1.807, 2.05) is 6.92 Å². The summed E-state index contributed by atoms with van der Waals surface area (Å²) in [5.41, 5.74) is 2.36. The van der Waals surface area contributed by atoms with E-state index in [9.17, 15) is 14.4 Å². The highest BCUT2D eigenvalue weighted by atomic mass is 32.1. The molecule has 0 atom stereocenters. The van der Waals surface area contributed by atoms with E-state index in [1.165, 1.54) is 18.1 Å². The molecule has 2 aromatic carbocycles. The second kappa shape index (κ2) is 9.32. The number of ether oxygens (including phenoxy) is 2. The summed E-state index contributed by atoms with van der Waals surface area (Å²) in [6.45, 7) is 1.84. The minimum Gasteiger partial charge on any atom is -0.497 e. The SMILES string of the molecule is COC(=O)c1ccc(-c2ccc(/C=C3/C(=O)NC(=S)N(c4ccc(OC)cc4)C3=O)o2)c(C)c1. The first-order valence-corrected chi connectivity index (χ1v) is 10.6. The lowest BCUT2D eigenvalue weighted by molar-refractivity contribution is -0.122. The number of hydrogen-bond donors (Lipinski definition) is 1. The standard InChI is InChI=1S/C25H20N2O6S/c1-14-12-15(24(30)32-3)4-10-19(14)21-11-9-18(33-21)13-20-22(28)26-25(34)27(23(20)29)16-5-7-17(31-2)8-6-16/h4-13H,1-3H3,(H,26,28,34)/b20-13-. The number of benzene rings is 2. The Labute approximate surface area is 200 Å². The molecule has 172 valence electrons. The van der Waals surface area contributed by atoms with Crippen LogP contribution in [0.2, 0.25) is 0 Å². The molecule has 1 N–H and O–H groups in total. The Bertz CT molecular complexity index is 1340. The number of methoxy groups -OCH3 is 2. The third-order valence-electron chi connectivity index (χ3n) is 5.26. The van der Waals surface area contributed by atoms with Gasteiger partial charge in [0, 0.05) is 5.56 Å². The van der Waals surface area contributed by atoms with Gasteiger partial charge in [-0.2, -0.15) is 0 Å². The van der Waals surface area contributed by atoms with Gasteiger partial charge in [0.15, 0.2) is 5.11 Å². The van der Waals surface area contributed by atoms with Crippen LogP contribution < -0.4 is 15.0 Å². The second-order valence-corrected chi connectivity index (χ2v) is 7.77. The van der Waals surface area contributed by atoms with E-state index < -0.39 is 17.8 Å². The maximum Gasteiger partial charge on any atom is 0.337 e. The highest BCUT2D eigenvalue weighted by Crippen LogP contribution is 2.29. The Morgan fingerprint density at radius 3 is 2.44 bits per heavy atom. The van der Waals surface area contributed by atoms with Gasteiger partial charge in [-0.15, -0.1) is 0 Å².